The minimum atomic E-state index is -3.60. The molecule has 3 rings (SSSR count). The van der Waals surface area contributed by atoms with Crippen LogP contribution in [-0.4, -0.2) is 20.1 Å². The number of thiophene rings is 1. The van der Waals surface area contributed by atoms with Crippen LogP contribution in [0.2, 0.25) is 0 Å². The molecule has 1 amide bonds. The molecule has 0 bridgehead atoms. The van der Waals surface area contributed by atoms with Gasteiger partial charge in [-0.15, -0.1) is 23.1 Å². The van der Waals surface area contributed by atoms with Gasteiger partial charge in [-0.3, -0.25) is 9.52 Å². The van der Waals surface area contributed by atoms with Gasteiger partial charge in [0.05, 0.1) is 9.54 Å². The van der Waals surface area contributed by atoms with Crippen LogP contribution in [0, 0.1) is 0 Å². The standard InChI is InChI=1S/C13H11BrN2O3S3/c14-10-4-5-12(21-10)22(18,19)16-9-3-1-2-8(6-9)13-15-11(17)7-20-13/h1-6,13,16H,7H2,(H,15,17)/t13-/m0/s1. The van der Waals surface area contributed by atoms with Crippen LogP contribution in [0.3, 0.4) is 0 Å². The van der Waals surface area contributed by atoms with E-state index in [0.717, 1.165) is 20.7 Å². The number of sulfonamides is 1. The Hall–Kier alpha value is -1.03. The number of carbonyl (C=O) groups excluding carboxylic acids is 1. The first-order chi connectivity index (χ1) is 10.4. The molecule has 0 aliphatic carbocycles. The van der Waals surface area contributed by atoms with Gasteiger partial charge in [0.2, 0.25) is 5.91 Å². The Morgan fingerprint density at radius 2 is 2.09 bits per heavy atom. The minimum Gasteiger partial charge on any atom is -0.339 e. The summed E-state index contributed by atoms with van der Waals surface area (Å²) in [6.07, 6.45) is 0. The highest BCUT2D eigenvalue weighted by Crippen LogP contribution is 2.32. The lowest BCUT2D eigenvalue weighted by Crippen LogP contribution is -2.19. The Kier molecular flexibility index (Phi) is 4.49. The summed E-state index contributed by atoms with van der Waals surface area (Å²) in [5.74, 6) is 0.411. The molecule has 9 heteroatoms. The van der Waals surface area contributed by atoms with Gasteiger partial charge in [0.1, 0.15) is 9.58 Å². The highest BCUT2D eigenvalue weighted by atomic mass is 79.9. The van der Waals surface area contributed by atoms with Gasteiger partial charge in [-0.25, -0.2) is 8.42 Å². The molecule has 1 aliphatic heterocycles. The number of benzene rings is 1. The van der Waals surface area contributed by atoms with Gasteiger partial charge >= 0.3 is 0 Å². The molecule has 2 heterocycles. The largest absolute Gasteiger partial charge is 0.339 e. The molecule has 0 radical (unpaired) electrons. The third-order valence-corrected chi connectivity index (χ3v) is 7.58. The SMILES string of the molecule is O=C1CS[C@@H](c2cccc(NS(=O)(=O)c3ccc(Br)s3)c2)N1. The summed E-state index contributed by atoms with van der Waals surface area (Å²) in [6.45, 7) is 0. The van der Waals surface area contributed by atoms with Crippen molar-refractivity contribution in [2.45, 2.75) is 9.58 Å². The fourth-order valence-electron chi connectivity index (χ4n) is 1.98. The third-order valence-electron chi connectivity index (χ3n) is 2.93. The number of anilines is 1. The molecule has 1 aliphatic rings. The molecular formula is C13H11BrN2O3S3. The van der Waals surface area contributed by atoms with Crippen molar-refractivity contribution in [3.8, 4) is 0 Å². The highest BCUT2D eigenvalue weighted by molar-refractivity contribution is 9.11. The number of amides is 1. The molecular weight excluding hydrogens is 408 g/mol. The molecule has 1 fully saturated rings. The Labute approximate surface area is 144 Å². The normalized spacial score (nSPS) is 18.2. The lowest BCUT2D eigenvalue weighted by atomic mass is 10.2. The Morgan fingerprint density at radius 3 is 2.73 bits per heavy atom. The number of nitrogens with one attached hydrogen (secondary N) is 2. The van der Waals surface area contributed by atoms with Crippen LogP contribution in [0.1, 0.15) is 10.9 Å². The average Bonchev–Trinajstić information content (AvgIpc) is 3.08. The molecule has 2 N–H and O–H groups in total. The van der Waals surface area contributed by atoms with Crippen LogP contribution >= 0.6 is 39.0 Å². The second kappa shape index (κ2) is 6.23. The van der Waals surface area contributed by atoms with Gasteiger partial charge in [0.15, 0.2) is 0 Å². The molecule has 1 aromatic carbocycles. The van der Waals surface area contributed by atoms with Gasteiger partial charge < -0.3 is 5.32 Å². The highest BCUT2D eigenvalue weighted by Gasteiger charge is 2.23. The minimum absolute atomic E-state index is 0.00980. The second-order valence-corrected chi connectivity index (χ2v) is 10.0. The number of halogens is 1. The van der Waals surface area contributed by atoms with Gasteiger partial charge in [-0.05, 0) is 45.8 Å². The lowest BCUT2D eigenvalue weighted by Gasteiger charge is -2.12. The molecule has 1 atom stereocenters. The topological polar surface area (TPSA) is 75.3 Å². The maximum atomic E-state index is 12.3. The Bertz CT molecular complexity index is 819. The van der Waals surface area contributed by atoms with E-state index in [1.807, 2.05) is 6.07 Å². The fourth-order valence-corrected chi connectivity index (χ4v) is 6.00. The summed E-state index contributed by atoms with van der Waals surface area (Å²) in [6, 6.07) is 10.3. The van der Waals surface area contributed by atoms with Crippen LogP contribution in [0.15, 0.2) is 44.4 Å². The average molecular weight is 419 g/mol. The van der Waals surface area contributed by atoms with Crippen LogP contribution in [0.25, 0.3) is 0 Å². The third kappa shape index (κ3) is 3.48. The maximum absolute atomic E-state index is 12.3. The molecule has 0 spiro atoms. The monoisotopic (exact) mass is 418 g/mol. The van der Waals surface area contributed by atoms with E-state index in [9.17, 15) is 13.2 Å². The zero-order valence-corrected chi connectivity index (χ0v) is 15.1. The predicted molar refractivity (Wildman–Crippen MR) is 92.6 cm³/mol. The molecule has 116 valence electrons. The van der Waals surface area contributed by atoms with Gasteiger partial charge in [-0.2, -0.15) is 0 Å². The van der Waals surface area contributed by atoms with Crippen molar-refractivity contribution in [1.29, 1.82) is 0 Å². The molecule has 2 aromatic rings. The zero-order chi connectivity index (χ0) is 15.7. The van der Waals surface area contributed by atoms with E-state index >= 15 is 0 Å². The Morgan fingerprint density at radius 1 is 1.27 bits per heavy atom. The lowest BCUT2D eigenvalue weighted by molar-refractivity contribution is -0.118. The number of rotatable bonds is 4. The van der Waals surface area contributed by atoms with Crippen molar-refractivity contribution < 1.29 is 13.2 Å². The maximum Gasteiger partial charge on any atom is 0.271 e. The summed E-state index contributed by atoms with van der Waals surface area (Å²) in [4.78, 5) is 11.3. The van der Waals surface area contributed by atoms with E-state index < -0.39 is 10.0 Å². The summed E-state index contributed by atoms with van der Waals surface area (Å²) in [5, 5.41) is 2.71. The van der Waals surface area contributed by atoms with E-state index in [0.29, 0.717) is 11.4 Å². The van der Waals surface area contributed by atoms with Gasteiger partial charge in [0.25, 0.3) is 10.0 Å². The van der Waals surface area contributed by atoms with Crippen molar-refractivity contribution in [2.24, 2.45) is 0 Å². The van der Waals surface area contributed by atoms with E-state index in [1.54, 1.807) is 30.3 Å². The number of thioether (sulfide) groups is 1. The summed E-state index contributed by atoms with van der Waals surface area (Å²) >= 11 is 5.89. The number of hydrogen-bond donors (Lipinski definition) is 2. The summed E-state index contributed by atoms with van der Waals surface area (Å²) < 4.78 is 28.2. The summed E-state index contributed by atoms with van der Waals surface area (Å²) in [7, 11) is -3.60. The molecule has 1 aromatic heterocycles. The zero-order valence-electron chi connectivity index (χ0n) is 11.1. The van der Waals surface area contributed by atoms with Crippen molar-refractivity contribution in [3.05, 3.63) is 45.7 Å². The fraction of sp³-hybridized carbons (Fsp3) is 0.154. The molecule has 0 saturated carbocycles. The second-order valence-electron chi connectivity index (χ2n) is 4.55. The van der Waals surface area contributed by atoms with Crippen LogP contribution < -0.4 is 10.0 Å². The molecule has 5 nitrogen and oxygen atoms in total. The van der Waals surface area contributed by atoms with E-state index in [-0.39, 0.29) is 15.5 Å². The van der Waals surface area contributed by atoms with Crippen molar-refractivity contribution in [2.75, 3.05) is 10.5 Å². The van der Waals surface area contributed by atoms with Crippen LogP contribution in [-0.2, 0) is 14.8 Å². The van der Waals surface area contributed by atoms with Crippen molar-refractivity contribution in [1.82, 2.24) is 5.32 Å². The summed E-state index contributed by atoms with van der Waals surface area (Å²) in [5.41, 5.74) is 1.34. The van der Waals surface area contributed by atoms with Crippen LogP contribution in [0.5, 0.6) is 0 Å². The molecule has 1 saturated heterocycles. The van der Waals surface area contributed by atoms with E-state index in [1.165, 1.54) is 11.8 Å². The van der Waals surface area contributed by atoms with Crippen LogP contribution in [0.4, 0.5) is 5.69 Å². The first kappa shape index (κ1) is 15.9. The molecule has 22 heavy (non-hydrogen) atoms. The van der Waals surface area contributed by atoms with Crippen molar-refractivity contribution >= 4 is 60.6 Å². The Balaban J connectivity index is 1.82. The number of carbonyl (C=O) groups is 1. The van der Waals surface area contributed by atoms with E-state index in [2.05, 4.69) is 26.0 Å². The first-order valence-corrected chi connectivity index (χ1v) is 10.4. The van der Waals surface area contributed by atoms with Gasteiger partial charge in [0, 0.05) is 5.69 Å². The quantitative estimate of drug-likeness (QED) is 0.799. The van der Waals surface area contributed by atoms with Crippen molar-refractivity contribution in [3.63, 3.8) is 0 Å². The molecule has 0 unspecified atom stereocenters. The van der Waals surface area contributed by atoms with E-state index in [4.69, 9.17) is 0 Å². The van der Waals surface area contributed by atoms with Gasteiger partial charge in [-0.1, -0.05) is 12.1 Å². The number of hydrogen-bond acceptors (Lipinski definition) is 5. The smallest absolute Gasteiger partial charge is 0.271 e. The predicted octanol–water partition coefficient (Wildman–Crippen LogP) is 3.17. The first-order valence-electron chi connectivity index (χ1n) is 6.23.